The van der Waals surface area contributed by atoms with Crippen LogP contribution < -0.4 is 0 Å². The molecule has 3 aromatic heterocycles. The van der Waals surface area contributed by atoms with Gasteiger partial charge in [-0.2, -0.15) is 0 Å². The Balaban J connectivity index is 1.33. The lowest BCUT2D eigenvalue weighted by Crippen LogP contribution is -2.56. The number of benzene rings is 3. The monoisotopic (exact) mass is 684 g/mol. The van der Waals surface area contributed by atoms with E-state index in [1.807, 2.05) is 0 Å². The number of H-pyrrole nitrogens is 1. The molecule has 5 atom stereocenters. The van der Waals surface area contributed by atoms with E-state index in [2.05, 4.69) is 9.97 Å². The number of phenols is 2. The van der Waals surface area contributed by atoms with Crippen molar-refractivity contribution >= 4 is 55.4 Å². The molecule has 0 unspecified atom stereocenters. The number of amides is 2. The third-order valence-corrected chi connectivity index (χ3v) is 9.50. The average Bonchev–Trinajstić information content (AvgIpc) is 3.72. The van der Waals surface area contributed by atoms with Gasteiger partial charge in [0.1, 0.15) is 35.9 Å². The standard InChI is InChI=1S/C35H32N4O11/c40-13-16-4-1-3-15(36-16)5-2-10-49-39-33(47)26-24-19-8-6-17(42)11-21(19)37-28(24)29-25(27(26)34(39)48)20-9-7-18(43)12-22(20)38(29)35-32(46)31(45)30(44)23(14-41)50-35/h1,3-4,6-9,11-12,23,30-32,35,37,40-46H,2,5,10,13-14H2/t23-,30-,31+,32-,35-/m1/s1. The van der Waals surface area contributed by atoms with Crippen molar-refractivity contribution in [1.82, 2.24) is 19.6 Å². The molecule has 6 aromatic rings. The summed E-state index contributed by atoms with van der Waals surface area (Å²) in [6.07, 6.45) is -7.01. The maximum atomic E-state index is 14.3. The largest absolute Gasteiger partial charge is 0.508 e. The van der Waals surface area contributed by atoms with E-state index in [1.54, 1.807) is 30.3 Å². The number of carbonyl (C=O) groups excluding carboxylic acids is 2. The van der Waals surface area contributed by atoms with Gasteiger partial charge in [0.05, 0.1) is 58.7 Å². The second kappa shape index (κ2) is 12.0. The fourth-order valence-corrected chi connectivity index (χ4v) is 7.24. The van der Waals surface area contributed by atoms with Crippen LogP contribution in [0.4, 0.5) is 0 Å². The summed E-state index contributed by atoms with van der Waals surface area (Å²) < 4.78 is 7.45. The van der Waals surface area contributed by atoms with Gasteiger partial charge in [0.15, 0.2) is 6.23 Å². The molecule has 0 bridgehead atoms. The molecular weight excluding hydrogens is 652 g/mol. The fourth-order valence-electron chi connectivity index (χ4n) is 7.24. The summed E-state index contributed by atoms with van der Waals surface area (Å²) in [5.74, 6) is -1.72. The Morgan fingerprint density at radius 2 is 1.54 bits per heavy atom. The second-order valence-electron chi connectivity index (χ2n) is 12.5. The van der Waals surface area contributed by atoms with Gasteiger partial charge in [0.2, 0.25) is 0 Å². The van der Waals surface area contributed by atoms with Gasteiger partial charge < -0.3 is 50.0 Å². The first-order chi connectivity index (χ1) is 24.1. The lowest BCUT2D eigenvalue weighted by molar-refractivity contribution is -0.249. The van der Waals surface area contributed by atoms with Crippen molar-refractivity contribution in [2.45, 2.75) is 50.1 Å². The molecule has 1 fully saturated rings. The van der Waals surface area contributed by atoms with E-state index in [1.165, 1.54) is 28.8 Å². The van der Waals surface area contributed by atoms with Crippen LogP contribution in [-0.2, 0) is 22.6 Å². The van der Waals surface area contributed by atoms with Crippen molar-refractivity contribution in [2.24, 2.45) is 0 Å². The number of aromatic hydroxyl groups is 2. The van der Waals surface area contributed by atoms with E-state index in [0.717, 1.165) is 0 Å². The molecule has 0 aliphatic carbocycles. The predicted molar refractivity (Wildman–Crippen MR) is 176 cm³/mol. The summed E-state index contributed by atoms with van der Waals surface area (Å²) in [5.41, 5.74) is 2.47. The highest BCUT2D eigenvalue weighted by Gasteiger charge is 2.47. The van der Waals surface area contributed by atoms with E-state index in [9.17, 15) is 45.3 Å². The highest BCUT2D eigenvalue weighted by Crippen LogP contribution is 2.48. The second-order valence-corrected chi connectivity index (χ2v) is 12.5. The first-order valence-corrected chi connectivity index (χ1v) is 16.0. The molecule has 8 N–H and O–H groups in total. The van der Waals surface area contributed by atoms with Crippen molar-refractivity contribution in [3.63, 3.8) is 0 Å². The molecule has 0 saturated carbocycles. The molecule has 5 heterocycles. The van der Waals surface area contributed by atoms with E-state index in [0.29, 0.717) is 56.5 Å². The number of phenolic OH excluding ortho intramolecular Hbond substituents is 2. The molecule has 2 aliphatic heterocycles. The fraction of sp³-hybridized carbons (Fsp3) is 0.286. The smallest absolute Gasteiger partial charge is 0.286 e. The van der Waals surface area contributed by atoms with Gasteiger partial charge in [-0.1, -0.05) is 6.07 Å². The van der Waals surface area contributed by atoms with Gasteiger partial charge in [-0.05, 0) is 49.2 Å². The van der Waals surface area contributed by atoms with Crippen LogP contribution in [0.15, 0.2) is 54.6 Å². The van der Waals surface area contributed by atoms with Gasteiger partial charge in [-0.25, -0.2) is 0 Å². The molecule has 15 heteroatoms. The zero-order valence-electron chi connectivity index (χ0n) is 26.2. The van der Waals surface area contributed by atoms with Crippen molar-refractivity contribution in [3.05, 3.63) is 77.1 Å². The molecule has 0 radical (unpaired) electrons. The Hall–Kier alpha value is -5.13. The Labute approximate surface area is 281 Å². The van der Waals surface area contributed by atoms with E-state index in [-0.39, 0.29) is 52.3 Å². The van der Waals surface area contributed by atoms with Crippen LogP contribution in [0, 0.1) is 0 Å². The molecule has 3 aromatic carbocycles. The number of hydrogen-bond donors (Lipinski definition) is 8. The Morgan fingerprint density at radius 3 is 2.28 bits per heavy atom. The van der Waals surface area contributed by atoms with Crippen LogP contribution in [0.1, 0.15) is 44.8 Å². The van der Waals surface area contributed by atoms with Gasteiger partial charge in [0, 0.05) is 39.4 Å². The van der Waals surface area contributed by atoms with Crippen molar-refractivity contribution in [1.29, 1.82) is 0 Å². The normalized spacial score (nSPS) is 22.5. The molecule has 2 amide bonds. The number of carbonyl (C=O) groups is 2. The minimum Gasteiger partial charge on any atom is -0.508 e. The van der Waals surface area contributed by atoms with Crippen molar-refractivity contribution in [3.8, 4) is 11.5 Å². The SMILES string of the molecule is O=C1c2c(c3c4ccc(O)cc4n([C@@H]4O[C@H](CO)[C@@H](O)[C@H](O)[C@H]4O)c3c3[nH]c4cc(O)ccc4c23)C(=O)N1OCCCc1cccc(CO)n1. The van der Waals surface area contributed by atoms with Crippen molar-refractivity contribution < 1.29 is 54.9 Å². The number of aliphatic hydroxyl groups excluding tert-OH is 5. The highest BCUT2D eigenvalue weighted by atomic mass is 16.7. The highest BCUT2D eigenvalue weighted by molar-refractivity contribution is 6.39. The summed E-state index contributed by atoms with van der Waals surface area (Å²) in [6.45, 7) is -0.921. The maximum absolute atomic E-state index is 14.3. The number of aliphatic hydroxyl groups is 5. The zero-order valence-corrected chi connectivity index (χ0v) is 26.2. The molecule has 0 spiro atoms. The summed E-state index contributed by atoms with van der Waals surface area (Å²) in [7, 11) is 0. The Morgan fingerprint density at radius 1 is 0.840 bits per heavy atom. The minimum absolute atomic E-state index is 0.0113. The van der Waals surface area contributed by atoms with Crippen LogP contribution in [-0.4, -0.2) is 105 Å². The number of fused-ring (bicyclic) bond motifs is 10. The lowest BCUT2D eigenvalue weighted by Gasteiger charge is -2.41. The number of hydrogen-bond acceptors (Lipinski definition) is 12. The van der Waals surface area contributed by atoms with Crippen LogP contribution in [0.5, 0.6) is 11.5 Å². The predicted octanol–water partition coefficient (Wildman–Crippen LogP) is 1.86. The number of hydroxylamine groups is 2. The van der Waals surface area contributed by atoms with Crippen LogP contribution >= 0.6 is 0 Å². The topological polar surface area (TPSA) is 231 Å². The van der Waals surface area contributed by atoms with Gasteiger partial charge >= 0.3 is 0 Å². The third kappa shape index (κ3) is 4.74. The number of aromatic nitrogens is 3. The van der Waals surface area contributed by atoms with Crippen LogP contribution in [0.3, 0.4) is 0 Å². The van der Waals surface area contributed by atoms with Crippen molar-refractivity contribution in [2.75, 3.05) is 13.2 Å². The number of ether oxygens (including phenoxy) is 1. The number of aryl methyl sites for hydroxylation is 1. The molecular formula is C35H32N4O11. The van der Waals surface area contributed by atoms with Gasteiger partial charge in [-0.3, -0.25) is 19.4 Å². The molecule has 2 aliphatic rings. The lowest BCUT2D eigenvalue weighted by atomic mass is 9.96. The number of nitrogens with zero attached hydrogens (tertiary/aromatic N) is 3. The summed E-state index contributed by atoms with van der Waals surface area (Å²) in [4.78, 5) is 42.0. The van der Waals surface area contributed by atoms with E-state index >= 15 is 0 Å². The first kappa shape index (κ1) is 32.1. The third-order valence-electron chi connectivity index (χ3n) is 9.50. The van der Waals surface area contributed by atoms with Crippen LogP contribution in [0.25, 0.3) is 43.6 Å². The van der Waals surface area contributed by atoms with Gasteiger partial charge in [0.25, 0.3) is 11.8 Å². The molecule has 15 nitrogen and oxygen atoms in total. The quantitative estimate of drug-likeness (QED) is 0.0849. The van der Waals surface area contributed by atoms with Crippen LogP contribution in [0.2, 0.25) is 0 Å². The molecule has 1 saturated heterocycles. The number of pyridine rings is 1. The van der Waals surface area contributed by atoms with E-state index in [4.69, 9.17) is 9.57 Å². The first-order valence-electron chi connectivity index (χ1n) is 16.0. The Kier molecular flexibility index (Phi) is 7.72. The zero-order chi connectivity index (χ0) is 35.0. The molecule has 258 valence electrons. The number of aromatic amines is 1. The molecule has 50 heavy (non-hydrogen) atoms. The average molecular weight is 685 g/mol. The number of nitrogens with one attached hydrogen (secondary N) is 1. The number of rotatable bonds is 8. The Bertz CT molecular complexity index is 2350. The summed E-state index contributed by atoms with van der Waals surface area (Å²) in [6, 6.07) is 14.1. The summed E-state index contributed by atoms with van der Waals surface area (Å²) in [5, 5.41) is 75.0. The van der Waals surface area contributed by atoms with Gasteiger partial charge in [-0.15, -0.1) is 5.06 Å². The molecule has 8 rings (SSSR count). The number of imide groups is 1. The minimum atomic E-state index is -1.74. The van der Waals surface area contributed by atoms with E-state index < -0.39 is 49.1 Å². The summed E-state index contributed by atoms with van der Waals surface area (Å²) >= 11 is 0. The maximum Gasteiger partial charge on any atom is 0.286 e.